The molecule has 0 aliphatic rings. The second kappa shape index (κ2) is 4.74. The van der Waals surface area contributed by atoms with Crippen molar-refractivity contribution in [3.8, 4) is 0 Å². The lowest BCUT2D eigenvalue weighted by Gasteiger charge is -2.10. The maximum absolute atomic E-state index is 10.9. The summed E-state index contributed by atoms with van der Waals surface area (Å²) in [6.45, 7) is 4.13. The van der Waals surface area contributed by atoms with Gasteiger partial charge in [0.1, 0.15) is 0 Å². The van der Waals surface area contributed by atoms with Crippen molar-refractivity contribution in [2.75, 3.05) is 6.26 Å². The zero-order chi connectivity index (χ0) is 8.15. The van der Waals surface area contributed by atoms with E-state index in [1.165, 1.54) is 11.8 Å². The molecule has 0 aromatic heterocycles. The van der Waals surface area contributed by atoms with Crippen molar-refractivity contribution in [1.82, 2.24) is 0 Å². The predicted molar refractivity (Wildman–Crippen MR) is 46.0 cm³/mol. The van der Waals surface area contributed by atoms with Crippen LogP contribution in [-0.4, -0.2) is 17.4 Å². The Bertz CT molecular complexity index is 114. The lowest BCUT2D eigenvalue weighted by molar-refractivity contribution is -0.112. The van der Waals surface area contributed by atoms with E-state index in [4.69, 9.17) is 5.73 Å². The summed E-state index contributed by atoms with van der Waals surface area (Å²) in [6, 6.07) is -0.269. The summed E-state index contributed by atoms with van der Waals surface area (Å²) in [6.07, 6.45) is 2.56. The summed E-state index contributed by atoms with van der Waals surface area (Å²) < 4.78 is 0. The maximum atomic E-state index is 10.9. The summed E-state index contributed by atoms with van der Waals surface area (Å²) in [5, 5.41) is 0.0914. The van der Waals surface area contributed by atoms with E-state index >= 15 is 0 Å². The summed E-state index contributed by atoms with van der Waals surface area (Å²) in [4.78, 5) is 10.9. The number of carbonyl (C=O) groups excluding carboxylic acids is 1. The Morgan fingerprint density at radius 2 is 2.10 bits per heavy atom. The standard InChI is InChI=1S/C7H15NOS/c1-5(2)4-6(8)7(9)10-3/h5-6H,4,8H2,1-3H3/t6-/m0/s1. The molecule has 1 atom stereocenters. The number of rotatable bonds is 3. The monoisotopic (exact) mass is 161 g/mol. The van der Waals surface area contributed by atoms with Gasteiger partial charge in [-0.05, 0) is 18.6 Å². The Morgan fingerprint density at radius 3 is 2.40 bits per heavy atom. The highest BCUT2D eigenvalue weighted by molar-refractivity contribution is 8.13. The molecule has 0 aromatic rings. The molecule has 0 bridgehead atoms. The van der Waals surface area contributed by atoms with Gasteiger partial charge in [0, 0.05) is 0 Å². The lowest BCUT2D eigenvalue weighted by Crippen LogP contribution is -2.29. The van der Waals surface area contributed by atoms with Crippen LogP contribution >= 0.6 is 11.8 Å². The van der Waals surface area contributed by atoms with Gasteiger partial charge in [-0.15, -0.1) is 0 Å². The van der Waals surface area contributed by atoms with Crippen molar-refractivity contribution < 1.29 is 4.79 Å². The van der Waals surface area contributed by atoms with Crippen LogP contribution in [0, 0.1) is 5.92 Å². The van der Waals surface area contributed by atoms with E-state index in [1.54, 1.807) is 6.26 Å². The van der Waals surface area contributed by atoms with Crippen molar-refractivity contribution in [3.63, 3.8) is 0 Å². The number of carbonyl (C=O) groups is 1. The van der Waals surface area contributed by atoms with Crippen molar-refractivity contribution in [2.45, 2.75) is 26.3 Å². The summed E-state index contributed by atoms with van der Waals surface area (Å²) >= 11 is 1.21. The Labute approximate surface area is 66.6 Å². The van der Waals surface area contributed by atoms with Gasteiger partial charge in [-0.1, -0.05) is 25.6 Å². The van der Waals surface area contributed by atoms with Gasteiger partial charge < -0.3 is 5.73 Å². The van der Waals surface area contributed by atoms with Crippen LogP contribution in [0.25, 0.3) is 0 Å². The Balaban J connectivity index is 3.61. The highest BCUT2D eigenvalue weighted by atomic mass is 32.2. The van der Waals surface area contributed by atoms with Crippen molar-refractivity contribution >= 4 is 16.9 Å². The number of nitrogens with two attached hydrogens (primary N) is 1. The van der Waals surface area contributed by atoms with E-state index in [0.29, 0.717) is 5.92 Å². The third-order valence-electron chi connectivity index (χ3n) is 1.23. The molecular weight excluding hydrogens is 146 g/mol. The molecule has 0 fully saturated rings. The van der Waals surface area contributed by atoms with Crippen LogP contribution in [0.5, 0.6) is 0 Å². The second-order valence-electron chi connectivity index (χ2n) is 2.76. The van der Waals surface area contributed by atoms with Gasteiger partial charge in [0.05, 0.1) is 6.04 Å². The largest absolute Gasteiger partial charge is 0.321 e. The van der Waals surface area contributed by atoms with Gasteiger partial charge in [0.2, 0.25) is 5.12 Å². The summed E-state index contributed by atoms with van der Waals surface area (Å²) in [7, 11) is 0. The summed E-state index contributed by atoms with van der Waals surface area (Å²) in [5.41, 5.74) is 5.56. The van der Waals surface area contributed by atoms with Gasteiger partial charge in [-0.25, -0.2) is 0 Å². The Kier molecular flexibility index (Phi) is 4.73. The minimum absolute atomic E-state index is 0.0914. The Hall–Kier alpha value is -0.0200. The first-order valence-electron chi connectivity index (χ1n) is 3.41. The quantitative estimate of drug-likeness (QED) is 0.677. The molecule has 3 heteroatoms. The third-order valence-corrected chi connectivity index (χ3v) is 1.93. The van der Waals surface area contributed by atoms with Crippen LogP contribution < -0.4 is 5.73 Å². The van der Waals surface area contributed by atoms with E-state index in [9.17, 15) is 4.79 Å². The first kappa shape index (κ1) is 9.98. The molecule has 0 heterocycles. The van der Waals surface area contributed by atoms with Crippen LogP contribution in [-0.2, 0) is 4.79 Å². The minimum Gasteiger partial charge on any atom is -0.321 e. The van der Waals surface area contributed by atoms with Crippen LogP contribution in [0.1, 0.15) is 20.3 Å². The van der Waals surface area contributed by atoms with Gasteiger partial charge in [-0.2, -0.15) is 0 Å². The zero-order valence-corrected chi connectivity index (χ0v) is 7.57. The predicted octanol–water partition coefficient (Wildman–Crippen LogP) is 1.25. The van der Waals surface area contributed by atoms with E-state index in [1.807, 2.05) is 0 Å². The molecule has 0 aliphatic heterocycles. The maximum Gasteiger partial charge on any atom is 0.205 e. The normalized spacial score (nSPS) is 13.7. The van der Waals surface area contributed by atoms with Gasteiger partial charge in [-0.3, -0.25) is 4.79 Å². The molecule has 60 valence electrons. The van der Waals surface area contributed by atoms with Crippen LogP contribution in [0.15, 0.2) is 0 Å². The smallest absolute Gasteiger partial charge is 0.205 e. The van der Waals surface area contributed by atoms with Crippen LogP contribution in [0.4, 0.5) is 0 Å². The van der Waals surface area contributed by atoms with E-state index in [0.717, 1.165) is 6.42 Å². The molecule has 0 spiro atoms. The second-order valence-corrected chi connectivity index (χ2v) is 3.57. The van der Waals surface area contributed by atoms with E-state index < -0.39 is 0 Å². The number of hydrogen-bond acceptors (Lipinski definition) is 3. The molecule has 10 heavy (non-hydrogen) atoms. The topological polar surface area (TPSA) is 43.1 Å². The van der Waals surface area contributed by atoms with Crippen LogP contribution in [0.2, 0.25) is 0 Å². The molecule has 0 aliphatic carbocycles. The molecule has 0 rings (SSSR count). The fourth-order valence-corrected chi connectivity index (χ4v) is 1.15. The molecule has 2 N–H and O–H groups in total. The molecule has 0 radical (unpaired) electrons. The molecule has 0 saturated carbocycles. The van der Waals surface area contributed by atoms with Gasteiger partial charge in [0.25, 0.3) is 0 Å². The Morgan fingerprint density at radius 1 is 1.60 bits per heavy atom. The third kappa shape index (κ3) is 3.90. The molecule has 0 unspecified atom stereocenters. The average Bonchev–Trinajstić information content (AvgIpc) is 1.85. The van der Waals surface area contributed by atoms with E-state index in [2.05, 4.69) is 13.8 Å². The minimum atomic E-state index is -0.269. The molecule has 2 nitrogen and oxygen atoms in total. The highest BCUT2D eigenvalue weighted by Gasteiger charge is 2.12. The van der Waals surface area contributed by atoms with Gasteiger partial charge in [0.15, 0.2) is 0 Å². The van der Waals surface area contributed by atoms with Gasteiger partial charge >= 0.3 is 0 Å². The van der Waals surface area contributed by atoms with E-state index in [-0.39, 0.29) is 11.2 Å². The fraction of sp³-hybridized carbons (Fsp3) is 0.857. The average molecular weight is 161 g/mol. The van der Waals surface area contributed by atoms with Crippen molar-refractivity contribution in [1.29, 1.82) is 0 Å². The lowest BCUT2D eigenvalue weighted by atomic mass is 10.1. The van der Waals surface area contributed by atoms with Crippen molar-refractivity contribution in [3.05, 3.63) is 0 Å². The van der Waals surface area contributed by atoms with Crippen molar-refractivity contribution in [2.24, 2.45) is 11.7 Å². The number of thioether (sulfide) groups is 1. The SMILES string of the molecule is CSC(=O)[C@@H](N)CC(C)C. The molecule has 0 saturated heterocycles. The summed E-state index contributed by atoms with van der Waals surface area (Å²) in [5.74, 6) is 0.506. The fourth-order valence-electron chi connectivity index (χ4n) is 0.755. The van der Waals surface area contributed by atoms with Crippen LogP contribution in [0.3, 0.4) is 0 Å². The molecule has 0 aromatic carbocycles. The zero-order valence-electron chi connectivity index (χ0n) is 6.76. The highest BCUT2D eigenvalue weighted by Crippen LogP contribution is 2.08. The number of hydrogen-bond donors (Lipinski definition) is 1. The molecular formula is C7H15NOS. The molecule has 0 amide bonds. The first-order chi connectivity index (χ1) is 4.57. The first-order valence-corrected chi connectivity index (χ1v) is 4.63.